The van der Waals surface area contributed by atoms with Crippen LogP contribution in [0.15, 0.2) is 23.2 Å². The molecule has 0 aromatic heterocycles. The maximum atomic E-state index is 13.3. The summed E-state index contributed by atoms with van der Waals surface area (Å²) in [5.74, 6) is 2.09. The molecule has 3 nitrogen and oxygen atoms in total. The van der Waals surface area contributed by atoms with Gasteiger partial charge in [-0.05, 0) is 41.9 Å². The molecule has 0 saturated heterocycles. The van der Waals surface area contributed by atoms with Crippen LogP contribution in [0.25, 0.3) is 0 Å². The minimum absolute atomic E-state index is 0. The number of guanidine groups is 1. The topological polar surface area (TPSA) is 36.4 Å². The van der Waals surface area contributed by atoms with E-state index in [9.17, 15) is 4.39 Å². The predicted octanol–water partition coefficient (Wildman–Crippen LogP) is 4.02. The van der Waals surface area contributed by atoms with E-state index in [1.165, 1.54) is 6.07 Å². The van der Waals surface area contributed by atoms with Crippen molar-refractivity contribution in [2.45, 2.75) is 32.6 Å². The molecule has 1 rings (SSSR count). The van der Waals surface area contributed by atoms with Gasteiger partial charge in [-0.3, -0.25) is 4.99 Å². The van der Waals surface area contributed by atoms with E-state index in [2.05, 4.69) is 29.5 Å². The average Bonchev–Trinajstić information content (AvgIpc) is 2.44. The smallest absolute Gasteiger partial charge is 0.191 e. The number of thioether (sulfide) groups is 1. The Kier molecular flexibility index (Phi) is 11.7. The van der Waals surface area contributed by atoms with Crippen LogP contribution in [-0.2, 0) is 12.3 Å². The number of aliphatic imine (C=N–C) groups is 1. The summed E-state index contributed by atoms with van der Waals surface area (Å²) in [6, 6.07) is 4.97. The lowest BCUT2D eigenvalue weighted by atomic mass is 10.1. The van der Waals surface area contributed by atoms with Gasteiger partial charge in [-0.25, -0.2) is 4.39 Å². The van der Waals surface area contributed by atoms with Crippen LogP contribution >= 0.6 is 35.7 Å². The molecule has 0 atom stereocenters. The molecule has 0 amide bonds. The normalized spacial score (nSPS) is 11.3. The molecule has 0 bridgehead atoms. The zero-order valence-electron chi connectivity index (χ0n) is 13.8. The van der Waals surface area contributed by atoms with E-state index in [0.29, 0.717) is 12.5 Å². The summed E-state index contributed by atoms with van der Waals surface area (Å²) in [4.78, 5) is 4.21. The Balaban J connectivity index is 0.00000441. The fourth-order valence-corrected chi connectivity index (χ4v) is 2.52. The summed E-state index contributed by atoms with van der Waals surface area (Å²) in [6.45, 7) is 5.95. The van der Waals surface area contributed by atoms with E-state index >= 15 is 0 Å². The number of nitrogens with one attached hydrogen (secondary N) is 2. The zero-order valence-corrected chi connectivity index (χ0v) is 16.9. The number of nitrogens with zero attached hydrogens (tertiary/aromatic N) is 1. The molecule has 0 unspecified atom stereocenters. The lowest BCUT2D eigenvalue weighted by molar-refractivity contribution is 0.573. The molecule has 0 aliphatic carbocycles. The van der Waals surface area contributed by atoms with Crippen LogP contribution in [0.2, 0.25) is 0 Å². The summed E-state index contributed by atoms with van der Waals surface area (Å²) in [5.41, 5.74) is 2.14. The van der Waals surface area contributed by atoms with Gasteiger partial charge in [0, 0.05) is 25.9 Å². The highest BCUT2D eigenvalue weighted by Crippen LogP contribution is 2.16. The van der Waals surface area contributed by atoms with E-state index in [4.69, 9.17) is 0 Å². The third kappa shape index (κ3) is 8.22. The van der Waals surface area contributed by atoms with Crippen LogP contribution < -0.4 is 10.6 Å². The van der Waals surface area contributed by atoms with Crippen LogP contribution in [-0.4, -0.2) is 25.8 Å². The molecule has 0 spiro atoms. The third-order valence-electron chi connectivity index (χ3n) is 3.15. The molecule has 1 aromatic rings. The zero-order chi connectivity index (χ0) is 15.7. The molecule has 126 valence electrons. The summed E-state index contributed by atoms with van der Waals surface area (Å²) in [5, 5.41) is 6.58. The van der Waals surface area contributed by atoms with Gasteiger partial charge in [0.05, 0.1) is 0 Å². The van der Waals surface area contributed by atoms with Crippen molar-refractivity contribution >= 4 is 41.7 Å². The van der Waals surface area contributed by atoms with Crippen LogP contribution in [0.3, 0.4) is 0 Å². The van der Waals surface area contributed by atoms with Crippen molar-refractivity contribution in [3.8, 4) is 0 Å². The average molecular weight is 439 g/mol. The second kappa shape index (κ2) is 12.0. The highest BCUT2D eigenvalue weighted by atomic mass is 127. The number of hydrogen-bond acceptors (Lipinski definition) is 2. The molecular formula is C16H27FIN3S. The lowest BCUT2D eigenvalue weighted by Crippen LogP contribution is -2.37. The fraction of sp³-hybridized carbons (Fsp3) is 0.562. The summed E-state index contributed by atoms with van der Waals surface area (Å²) in [6.07, 6.45) is 3.13. The second-order valence-corrected chi connectivity index (χ2v) is 6.25. The highest BCUT2D eigenvalue weighted by Gasteiger charge is 2.05. The van der Waals surface area contributed by atoms with E-state index in [-0.39, 0.29) is 29.8 Å². The fourth-order valence-electron chi connectivity index (χ4n) is 1.94. The maximum Gasteiger partial charge on any atom is 0.191 e. The van der Waals surface area contributed by atoms with Crippen LogP contribution in [0, 0.1) is 11.7 Å². The molecule has 1 aromatic carbocycles. The minimum atomic E-state index is -0.178. The predicted molar refractivity (Wildman–Crippen MR) is 107 cm³/mol. The van der Waals surface area contributed by atoms with Crippen molar-refractivity contribution in [1.82, 2.24) is 10.6 Å². The van der Waals surface area contributed by atoms with Gasteiger partial charge < -0.3 is 10.6 Å². The molecule has 0 saturated carbocycles. The summed E-state index contributed by atoms with van der Waals surface area (Å²) >= 11 is 1.69. The number of hydrogen-bond donors (Lipinski definition) is 2. The molecule has 0 aliphatic rings. The molecule has 6 heteroatoms. The largest absolute Gasteiger partial charge is 0.356 e. The van der Waals surface area contributed by atoms with Gasteiger partial charge >= 0.3 is 0 Å². The van der Waals surface area contributed by atoms with Gasteiger partial charge in [0.25, 0.3) is 0 Å². The summed E-state index contributed by atoms with van der Waals surface area (Å²) < 4.78 is 13.3. The first kappa shape index (κ1) is 21.5. The van der Waals surface area contributed by atoms with Crippen molar-refractivity contribution in [2.24, 2.45) is 10.9 Å². The third-order valence-corrected chi connectivity index (χ3v) is 3.75. The number of benzene rings is 1. The van der Waals surface area contributed by atoms with E-state index in [1.807, 2.05) is 12.3 Å². The summed E-state index contributed by atoms with van der Waals surface area (Å²) in [7, 11) is 1.76. The number of rotatable bonds is 7. The van der Waals surface area contributed by atoms with Crippen molar-refractivity contribution in [3.05, 3.63) is 35.1 Å². The first-order chi connectivity index (χ1) is 10.1. The van der Waals surface area contributed by atoms with Crippen LogP contribution in [0.1, 0.15) is 31.4 Å². The first-order valence-electron chi connectivity index (χ1n) is 7.27. The monoisotopic (exact) mass is 439 g/mol. The molecule has 22 heavy (non-hydrogen) atoms. The van der Waals surface area contributed by atoms with Crippen molar-refractivity contribution < 1.29 is 4.39 Å². The molecule has 0 heterocycles. The standard InChI is InChI=1S/C16H26FN3S.HI/c1-12(2)7-8-19-16(18-3)20-10-13-5-6-15(17)9-14(13)11-21-4;/h5-6,9,12H,7-8,10-11H2,1-4H3,(H2,18,19,20);1H. The number of halogens is 2. The minimum Gasteiger partial charge on any atom is -0.356 e. The van der Waals surface area contributed by atoms with Crippen molar-refractivity contribution in [1.29, 1.82) is 0 Å². The molecule has 0 aliphatic heterocycles. The van der Waals surface area contributed by atoms with E-state index in [1.54, 1.807) is 24.9 Å². The Bertz CT molecular complexity index is 467. The van der Waals surface area contributed by atoms with E-state index < -0.39 is 0 Å². The van der Waals surface area contributed by atoms with Gasteiger partial charge in [0.2, 0.25) is 0 Å². The van der Waals surface area contributed by atoms with Crippen molar-refractivity contribution in [3.63, 3.8) is 0 Å². The SMILES string of the molecule is CN=C(NCCC(C)C)NCc1ccc(F)cc1CSC.I. The Labute approximate surface area is 155 Å². The van der Waals surface area contributed by atoms with Gasteiger partial charge in [-0.2, -0.15) is 11.8 Å². The van der Waals surface area contributed by atoms with Crippen LogP contribution in [0.5, 0.6) is 0 Å². The maximum absolute atomic E-state index is 13.3. The van der Waals surface area contributed by atoms with Gasteiger partial charge in [-0.1, -0.05) is 19.9 Å². The first-order valence-corrected chi connectivity index (χ1v) is 8.67. The Morgan fingerprint density at radius 3 is 2.59 bits per heavy atom. The Hall–Kier alpha value is -0.500. The Morgan fingerprint density at radius 2 is 2.00 bits per heavy atom. The van der Waals surface area contributed by atoms with E-state index in [0.717, 1.165) is 35.8 Å². The van der Waals surface area contributed by atoms with Gasteiger partial charge in [-0.15, -0.1) is 24.0 Å². The molecule has 0 radical (unpaired) electrons. The van der Waals surface area contributed by atoms with Gasteiger partial charge in [0.1, 0.15) is 5.82 Å². The quantitative estimate of drug-likeness (QED) is 0.383. The molecule has 2 N–H and O–H groups in total. The molecular weight excluding hydrogens is 412 g/mol. The molecule has 0 fully saturated rings. The lowest BCUT2D eigenvalue weighted by Gasteiger charge is -2.14. The van der Waals surface area contributed by atoms with Gasteiger partial charge in [0.15, 0.2) is 5.96 Å². The van der Waals surface area contributed by atoms with Crippen molar-refractivity contribution in [2.75, 3.05) is 19.8 Å². The highest BCUT2D eigenvalue weighted by molar-refractivity contribution is 14.0. The second-order valence-electron chi connectivity index (χ2n) is 5.38. The van der Waals surface area contributed by atoms with Crippen LogP contribution in [0.4, 0.5) is 4.39 Å². The Morgan fingerprint density at radius 1 is 1.27 bits per heavy atom.